The molecule has 0 amide bonds. The van der Waals surface area contributed by atoms with E-state index < -0.39 is 0 Å². The number of hydrogen-bond donors (Lipinski definition) is 1. The van der Waals surface area contributed by atoms with Crippen molar-refractivity contribution < 1.29 is 4.79 Å². The summed E-state index contributed by atoms with van der Waals surface area (Å²) in [7, 11) is 0. The molecule has 16 heavy (non-hydrogen) atoms. The zero-order valence-electron chi connectivity index (χ0n) is 12.0. The Morgan fingerprint density at radius 3 is 1.81 bits per heavy atom. The summed E-state index contributed by atoms with van der Waals surface area (Å²) < 4.78 is 0. The van der Waals surface area contributed by atoms with Crippen LogP contribution in [-0.4, -0.2) is 17.9 Å². The van der Waals surface area contributed by atoms with Crippen LogP contribution in [0.2, 0.25) is 0 Å². The Labute approximate surface area is 101 Å². The maximum Gasteiger partial charge on any atom is 0.152 e. The molecule has 2 atom stereocenters. The lowest BCUT2D eigenvalue weighted by atomic mass is 9.87. The average Bonchev–Trinajstić information content (AvgIpc) is 2.14. The van der Waals surface area contributed by atoms with Crippen molar-refractivity contribution in [1.82, 2.24) is 5.32 Å². The first-order chi connectivity index (χ1) is 7.25. The third kappa shape index (κ3) is 5.64. The van der Waals surface area contributed by atoms with Gasteiger partial charge in [-0.3, -0.25) is 4.79 Å². The minimum absolute atomic E-state index is 0.0254. The van der Waals surface area contributed by atoms with E-state index in [-0.39, 0.29) is 12.0 Å². The number of hydrogen-bond acceptors (Lipinski definition) is 2. The van der Waals surface area contributed by atoms with E-state index in [9.17, 15) is 4.79 Å². The van der Waals surface area contributed by atoms with Gasteiger partial charge in [0.2, 0.25) is 0 Å². The molecule has 96 valence electrons. The quantitative estimate of drug-likeness (QED) is 0.723. The molecule has 0 aromatic rings. The van der Waals surface area contributed by atoms with Crippen molar-refractivity contribution in [3.05, 3.63) is 0 Å². The Morgan fingerprint density at radius 2 is 1.50 bits per heavy atom. The lowest BCUT2D eigenvalue weighted by Crippen LogP contribution is -2.44. The van der Waals surface area contributed by atoms with E-state index in [1.54, 1.807) is 0 Å². The molecule has 0 rings (SSSR count). The van der Waals surface area contributed by atoms with Crippen LogP contribution < -0.4 is 5.32 Å². The molecule has 2 unspecified atom stereocenters. The van der Waals surface area contributed by atoms with Gasteiger partial charge in [-0.15, -0.1) is 0 Å². The van der Waals surface area contributed by atoms with Crippen molar-refractivity contribution >= 4 is 5.78 Å². The van der Waals surface area contributed by atoms with Crippen molar-refractivity contribution in [2.45, 2.75) is 67.0 Å². The third-order valence-electron chi connectivity index (χ3n) is 3.19. The molecule has 0 aliphatic heterocycles. The Kier molecular flexibility index (Phi) is 6.89. The SMILES string of the molecule is CC(C)NC(CC(C)C(C)C)C(=O)C(C)C. The zero-order valence-corrected chi connectivity index (χ0v) is 12.0. The molecule has 2 heteroatoms. The molecule has 0 saturated heterocycles. The summed E-state index contributed by atoms with van der Waals surface area (Å²) in [6.07, 6.45) is 0.951. The first-order valence-electron chi connectivity index (χ1n) is 6.55. The highest BCUT2D eigenvalue weighted by molar-refractivity contribution is 5.85. The minimum atomic E-state index is 0.0254. The lowest BCUT2D eigenvalue weighted by Gasteiger charge is -2.26. The van der Waals surface area contributed by atoms with E-state index in [2.05, 4.69) is 39.9 Å². The Balaban J connectivity index is 4.49. The van der Waals surface area contributed by atoms with E-state index in [0.29, 0.717) is 23.7 Å². The van der Waals surface area contributed by atoms with Crippen LogP contribution in [0.3, 0.4) is 0 Å². The molecule has 0 aliphatic carbocycles. The van der Waals surface area contributed by atoms with Crippen LogP contribution in [0.5, 0.6) is 0 Å². The summed E-state index contributed by atoms with van der Waals surface area (Å²) in [6.45, 7) is 14.8. The van der Waals surface area contributed by atoms with Crippen molar-refractivity contribution in [3.8, 4) is 0 Å². The van der Waals surface area contributed by atoms with Crippen molar-refractivity contribution in [2.24, 2.45) is 17.8 Å². The lowest BCUT2D eigenvalue weighted by molar-refractivity contribution is -0.124. The predicted octanol–water partition coefficient (Wildman–Crippen LogP) is 3.26. The number of carbonyl (C=O) groups excluding carboxylic acids is 1. The maximum atomic E-state index is 12.1. The molecule has 0 bridgehead atoms. The smallest absolute Gasteiger partial charge is 0.152 e. The van der Waals surface area contributed by atoms with Gasteiger partial charge in [-0.2, -0.15) is 0 Å². The maximum absolute atomic E-state index is 12.1. The van der Waals surface area contributed by atoms with Gasteiger partial charge in [0, 0.05) is 12.0 Å². The molecule has 2 nitrogen and oxygen atoms in total. The number of rotatable bonds is 7. The molecule has 0 fully saturated rings. The van der Waals surface area contributed by atoms with Gasteiger partial charge in [-0.25, -0.2) is 0 Å². The summed E-state index contributed by atoms with van der Waals surface area (Å²) in [5.74, 6) is 1.69. The van der Waals surface area contributed by atoms with Gasteiger partial charge < -0.3 is 5.32 Å². The standard InChI is InChI=1S/C14H29NO/c1-9(2)12(7)8-13(15-11(5)6)14(16)10(3)4/h9-13,15H,8H2,1-7H3. The predicted molar refractivity (Wildman–Crippen MR) is 70.5 cm³/mol. The van der Waals surface area contributed by atoms with Gasteiger partial charge in [-0.05, 0) is 18.3 Å². The van der Waals surface area contributed by atoms with Crippen LogP contribution >= 0.6 is 0 Å². The molecular formula is C14H29NO. The summed E-state index contributed by atoms with van der Waals surface area (Å²) >= 11 is 0. The van der Waals surface area contributed by atoms with Gasteiger partial charge in [0.25, 0.3) is 0 Å². The Hall–Kier alpha value is -0.370. The van der Waals surface area contributed by atoms with Gasteiger partial charge in [0.1, 0.15) is 0 Å². The highest BCUT2D eigenvalue weighted by Crippen LogP contribution is 2.18. The zero-order chi connectivity index (χ0) is 12.9. The fourth-order valence-corrected chi connectivity index (χ4v) is 1.72. The molecule has 0 heterocycles. The highest BCUT2D eigenvalue weighted by atomic mass is 16.1. The Morgan fingerprint density at radius 1 is 1.00 bits per heavy atom. The first-order valence-corrected chi connectivity index (χ1v) is 6.55. The van der Waals surface area contributed by atoms with Crippen LogP contribution in [0.1, 0.15) is 54.9 Å². The van der Waals surface area contributed by atoms with E-state index in [1.807, 2.05) is 13.8 Å². The van der Waals surface area contributed by atoms with E-state index in [0.717, 1.165) is 6.42 Å². The van der Waals surface area contributed by atoms with Crippen LogP contribution in [0.4, 0.5) is 0 Å². The van der Waals surface area contributed by atoms with Crippen LogP contribution in [0.15, 0.2) is 0 Å². The number of nitrogens with one attached hydrogen (secondary N) is 1. The van der Waals surface area contributed by atoms with Gasteiger partial charge >= 0.3 is 0 Å². The van der Waals surface area contributed by atoms with Gasteiger partial charge in [0.05, 0.1) is 6.04 Å². The summed E-state index contributed by atoms with van der Waals surface area (Å²) in [5.41, 5.74) is 0. The minimum Gasteiger partial charge on any atom is -0.305 e. The number of Topliss-reactive ketones (excluding diaryl/α,β-unsaturated/α-hetero) is 1. The fourth-order valence-electron chi connectivity index (χ4n) is 1.72. The summed E-state index contributed by atoms with van der Waals surface area (Å²) in [5, 5.41) is 3.40. The number of carbonyl (C=O) groups is 1. The fraction of sp³-hybridized carbons (Fsp3) is 0.929. The van der Waals surface area contributed by atoms with Crippen molar-refractivity contribution in [1.29, 1.82) is 0 Å². The molecule has 0 radical (unpaired) electrons. The number of ketones is 1. The van der Waals surface area contributed by atoms with Crippen LogP contribution in [-0.2, 0) is 4.79 Å². The second-order valence-corrected chi connectivity index (χ2v) is 5.89. The van der Waals surface area contributed by atoms with Crippen molar-refractivity contribution in [3.63, 3.8) is 0 Å². The topological polar surface area (TPSA) is 29.1 Å². The van der Waals surface area contributed by atoms with Gasteiger partial charge in [0.15, 0.2) is 5.78 Å². The van der Waals surface area contributed by atoms with E-state index in [1.165, 1.54) is 0 Å². The molecule has 0 spiro atoms. The van der Waals surface area contributed by atoms with Crippen molar-refractivity contribution in [2.75, 3.05) is 0 Å². The molecule has 0 aromatic heterocycles. The first kappa shape index (κ1) is 15.6. The van der Waals surface area contributed by atoms with Crippen LogP contribution in [0, 0.1) is 17.8 Å². The second-order valence-electron chi connectivity index (χ2n) is 5.89. The second kappa shape index (κ2) is 7.05. The summed E-state index contributed by atoms with van der Waals surface area (Å²) in [4.78, 5) is 12.1. The largest absolute Gasteiger partial charge is 0.305 e. The highest BCUT2D eigenvalue weighted by Gasteiger charge is 2.24. The Bertz CT molecular complexity index is 209. The molecule has 0 saturated carbocycles. The van der Waals surface area contributed by atoms with Crippen LogP contribution in [0.25, 0.3) is 0 Å². The monoisotopic (exact) mass is 227 g/mol. The summed E-state index contributed by atoms with van der Waals surface area (Å²) in [6, 6.07) is 0.393. The molecule has 0 aromatic carbocycles. The third-order valence-corrected chi connectivity index (χ3v) is 3.19. The molecule has 0 aliphatic rings. The molecular weight excluding hydrogens is 198 g/mol. The average molecular weight is 227 g/mol. The normalized spacial score (nSPS) is 15.9. The van der Waals surface area contributed by atoms with Gasteiger partial charge in [-0.1, -0.05) is 48.5 Å². The van der Waals surface area contributed by atoms with E-state index >= 15 is 0 Å². The molecule has 1 N–H and O–H groups in total. The van der Waals surface area contributed by atoms with E-state index in [4.69, 9.17) is 0 Å².